The van der Waals surface area contributed by atoms with Crippen LogP contribution in [-0.4, -0.2) is 31.1 Å². The van der Waals surface area contributed by atoms with Crippen molar-refractivity contribution < 1.29 is 0 Å². The first-order valence-corrected chi connectivity index (χ1v) is 7.03. The predicted octanol–water partition coefficient (Wildman–Crippen LogP) is 3.19. The van der Waals surface area contributed by atoms with E-state index in [9.17, 15) is 0 Å². The van der Waals surface area contributed by atoms with Crippen LogP contribution >= 0.6 is 22.6 Å². The van der Waals surface area contributed by atoms with E-state index in [0.29, 0.717) is 6.04 Å². The SMILES string of the molecule is CN1CCCC(Nc2ccccc2I)CC1. The second kappa shape index (κ2) is 5.87. The maximum absolute atomic E-state index is 3.68. The molecule has 0 spiro atoms. The Labute approximate surface area is 112 Å². The molecule has 1 aromatic carbocycles. The third-order valence-corrected chi connectivity index (χ3v) is 4.13. The van der Waals surface area contributed by atoms with Crippen LogP contribution in [0.4, 0.5) is 5.69 Å². The van der Waals surface area contributed by atoms with Crippen molar-refractivity contribution in [2.24, 2.45) is 0 Å². The van der Waals surface area contributed by atoms with Gasteiger partial charge in [0.25, 0.3) is 0 Å². The standard InChI is InChI=1S/C13H19IN2/c1-16-9-4-5-11(8-10-16)15-13-7-3-2-6-12(13)14/h2-3,6-7,11,15H,4-5,8-10H2,1H3. The monoisotopic (exact) mass is 330 g/mol. The maximum atomic E-state index is 3.68. The first-order chi connectivity index (χ1) is 7.75. The van der Waals surface area contributed by atoms with Gasteiger partial charge in [0.1, 0.15) is 0 Å². The van der Waals surface area contributed by atoms with Gasteiger partial charge in [-0.1, -0.05) is 12.1 Å². The van der Waals surface area contributed by atoms with Gasteiger partial charge in [0.2, 0.25) is 0 Å². The van der Waals surface area contributed by atoms with Crippen molar-refractivity contribution in [2.45, 2.75) is 25.3 Å². The minimum Gasteiger partial charge on any atom is -0.381 e. The molecule has 0 amide bonds. The summed E-state index contributed by atoms with van der Waals surface area (Å²) < 4.78 is 1.32. The summed E-state index contributed by atoms with van der Waals surface area (Å²) in [5.74, 6) is 0. The van der Waals surface area contributed by atoms with Crippen molar-refractivity contribution in [1.29, 1.82) is 0 Å². The highest BCUT2D eigenvalue weighted by molar-refractivity contribution is 14.1. The Kier molecular flexibility index (Phi) is 4.46. The Balaban J connectivity index is 1.96. The third kappa shape index (κ3) is 3.35. The van der Waals surface area contributed by atoms with Gasteiger partial charge in [0, 0.05) is 15.3 Å². The van der Waals surface area contributed by atoms with Crippen molar-refractivity contribution >= 4 is 28.3 Å². The lowest BCUT2D eigenvalue weighted by Gasteiger charge is -2.19. The minimum absolute atomic E-state index is 0.640. The van der Waals surface area contributed by atoms with Crippen LogP contribution < -0.4 is 5.32 Å². The summed E-state index contributed by atoms with van der Waals surface area (Å²) in [7, 11) is 2.22. The second-order valence-electron chi connectivity index (χ2n) is 4.56. The van der Waals surface area contributed by atoms with Crippen LogP contribution in [0.3, 0.4) is 0 Å². The highest BCUT2D eigenvalue weighted by Gasteiger charge is 2.14. The molecule has 0 saturated carbocycles. The Morgan fingerprint density at radius 1 is 1.25 bits per heavy atom. The molecular formula is C13H19IN2. The van der Waals surface area contributed by atoms with Crippen molar-refractivity contribution in [3.05, 3.63) is 27.8 Å². The largest absolute Gasteiger partial charge is 0.381 e. The molecule has 1 saturated heterocycles. The summed E-state index contributed by atoms with van der Waals surface area (Å²) >= 11 is 2.40. The quantitative estimate of drug-likeness (QED) is 0.838. The molecule has 1 aliphatic heterocycles. The molecule has 1 fully saturated rings. The number of rotatable bonds is 2. The average molecular weight is 330 g/mol. The topological polar surface area (TPSA) is 15.3 Å². The first-order valence-electron chi connectivity index (χ1n) is 5.95. The van der Waals surface area contributed by atoms with Crippen molar-refractivity contribution in [3.8, 4) is 0 Å². The van der Waals surface area contributed by atoms with Crippen molar-refractivity contribution in [1.82, 2.24) is 4.90 Å². The minimum atomic E-state index is 0.640. The molecule has 1 aromatic rings. The van der Waals surface area contributed by atoms with Gasteiger partial charge in [-0.25, -0.2) is 0 Å². The summed E-state index contributed by atoms with van der Waals surface area (Å²) in [5, 5.41) is 3.68. The number of likely N-dealkylation sites (tertiary alicyclic amines) is 1. The number of nitrogens with one attached hydrogen (secondary N) is 1. The number of hydrogen-bond acceptors (Lipinski definition) is 2. The van der Waals surface area contributed by atoms with Gasteiger partial charge in [-0.05, 0) is 74.1 Å². The number of hydrogen-bond donors (Lipinski definition) is 1. The van der Waals surface area contributed by atoms with E-state index in [1.165, 1.54) is 41.6 Å². The number of anilines is 1. The summed E-state index contributed by atoms with van der Waals surface area (Å²) in [6.45, 7) is 2.45. The lowest BCUT2D eigenvalue weighted by Crippen LogP contribution is -2.23. The summed E-state index contributed by atoms with van der Waals surface area (Å²) in [4.78, 5) is 2.43. The van der Waals surface area contributed by atoms with E-state index in [0.717, 1.165) is 0 Å². The number of halogens is 1. The molecule has 0 aromatic heterocycles. The molecule has 0 aliphatic carbocycles. The van der Waals surface area contributed by atoms with Gasteiger partial charge in [0.15, 0.2) is 0 Å². The van der Waals surface area contributed by atoms with Gasteiger partial charge in [-0.2, -0.15) is 0 Å². The van der Waals surface area contributed by atoms with Gasteiger partial charge in [0.05, 0.1) is 0 Å². The van der Waals surface area contributed by atoms with Crippen LogP contribution in [0, 0.1) is 3.57 Å². The summed E-state index contributed by atoms with van der Waals surface area (Å²) in [6.07, 6.45) is 3.84. The lowest BCUT2D eigenvalue weighted by molar-refractivity contribution is 0.348. The van der Waals surface area contributed by atoms with E-state index in [-0.39, 0.29) is 0 Å². The molecule has 1 heterocycles. The van der Waals surface area contributed by atoms with Gasteiger partial charge in [-0.3, -0.25) is 0 Å². The fourth-order valence-electron chi connectivity index (χ4n) is 2.18. The number of benzene rings is 1. The zero-order valence-electron chi connectivity index (χ0n) is 9.75. The molecule has 2 rings (SSSR count). The number of nitrogens with zero attached hydrogens (tertiary/aromatic N) is 1. The second-order valence-corrected chi connectivity index (χ2v) is 5.72. The van der Waals surface area contributed by atoms with Gasteiger partial charge in [-0.15, -0.1) is 0 Å². The molecule has 3 heteroatoms. The van der Waals surface area contributed by atoms with Gasteiger partial charge >= 0.3 is 0 Å². The Hall–Kier alpha value is -0.290. The van der Waals surface area contributed by atoms with E-state index in [2.05, 4.69) is 64.1 Å². The lowest BCUT2D eigenvalue weighted by atomic mass is 10.1. The zero-order chi connectivity index (χ0) is 11.4. The molecular weight excluding hydrogens is 311 g/mol. The highest BCUT2D eigenvalue weighted by Crippen LogP contribution is 2.21. The smallest absolute Gasteiger partial charge is 0.0478 e. The Morgan fingerprint density at radius 3 is 2.88 bits per heavy atom. The molecule has 88 valence electrons. The molecule has 1 N–H and O–H groups in total. The molecule has 1 atom stereocenters. The van der Waals surface area contributed by atoms with Gasteiger partial charge < -0.3 is 10.2 Å². The van der Waals surface area contributed by atoms with Crippen LogP contribution in [0.15, 0.2) is 24.3 Å². The average Bonchev–Trinajstić information content (AvgIpc) is 2.47. The van der Waals surface area contributed by atoms with Crippen molar-refractivity contribution in [2.75, 3.05) is 25.5 Å². The van der Waals surface area contributed by atoms with E-state index in [1.807, 2.05) is 0 Å². The summed E-state index contributed by atoms with van der Waals surface area (Å²) in [5.41, 5.74) is 1.29. The highest BCUT2D eigenvalue weighted by atomic mass is 127. The zero-order valence-corrected chi connectivity index (χ0v) is 11.9. The predicted molar refractivity (Wildman–Crippen MR) is 77.9 cm³/mol. The number of para-hydroxylation sites is 1. The normalized spacial score (nSPS) is 22.8. The van der Waals surface area contributed by atoms with Crippen molar-refractivity contribution in [3.63, 3.8) is 0 Å². The van der Waals surface area contributed by atoms with Crippen LogP contribution in [0.5, 0.6) is 0 Å². The fraction of sp³-hybridized carbons (Fsp3) is 0.538. The molecule has 2 nitrogen and oxygen atoms in total. The Bertz CT molecular complexity index is 340. The molecule has 0 radical (unpaired) electrons. The van der Waals surface area contributed by atoms with Crippen LogP contribution in [-0.2, 0) is 0 Å². The van der Waals surface area contributed by atoms with E-state index in [1.54, 1.807) is 0 Å². The third-order valence-electron chi connectivity index (χ3n) is 3.19. The van der Waals surface area contributed by atoms with Crippen LogP contribution in [0.25, 0.3) is 0 Å². The molecule has 0 bridgehead atoms. The fourth-order valence-corrected chi connectivity index (χ4v) is 2.73. The van der Waals surface area contributed by atoms with E-state index >= 15 is 0 Å². The van der Waals surface area contributed by atoms with E-state index < -0.39 is 0 Å². The van der Waals surface area contributed by atoms with Crippen LogP contribution in [0.2, 0.25) is 0 Å². The maximum Gasteiger partial charge on any atom is 0.0478 e. The first kappa shape index (κ1) is 12.2. The molecule has 16 heavy (non-hydrogen) atoms. The Morgan fingerprint density at radius 2 is 2.06 bits per heavy atom. The van der Waals surface area contributed by atoms with Crippen LogP contribution in [0.1, 0.15) is 19.3 Å². The van der Waals surface area contributed by atoms with E-state index in [4.69, 9.17) is 0 Å². The molecule has 1 unspecified atom stereocenters. The summed E-state index contributed by atoms with van der Waals surface area (Å²) in [6, 6.07) is 9.17. The molecule has 1 aliphatic rings.